The second kappa shape index (κ2) is 5.15. The molecule has 0 unspecified atom stereocenters. The fraction of sp³-hybridized carbons (Fsp3) is 0.400. The number of benzene rings is 1. The number of hydrogen-bond acceptors (Lipinski definition) is 5. The first kappa shape index (κ1) is 15.1. The molecule has 2 amide bonds. The lowest BCUT2D eigenvalue weighted by Crippen LogP contribution is -2.61. The third-order valence-corrected chi connectivity index (χ3v) is 4.21. The van der Waals surface area contributed by atoms with Crippen LogP contribution in [0, 0.1) is 0 Å². The number of nitrogens with one attached hydrogen (secondary N) is 1. The summed E-state index contributed by atoms with van der Waals surface area (Å²) in [6.45, 7) is 1.62. The zero-order valence-corrected chi connectivity index (χ0v) is 12.5. The van der Waals surface area contributed by atoms with E-state index in [1.807, 2.05) is 0 Å². The number of hydrogen-bond donors (Lipinski definition) is 3. The number of amides is 2. The Morgan fingerprint density at radius 3 is 2.91 bits per heavy atom. The molecule has 2 aliphatic rings. The Morgan fingerprint density at radius 2 is 2.22 bits per heavy atom. The highest BCUT2D eigenvalue weighted by Gasteiger charge is 2.52. The maximum absolute atomic E-state index is 12.8. The van der Waals surface area contributed by atoms with Gasteiger partial charge < -0.3 is 25.8 Å². The molecule has 2 heterocycles. The summed E-state index contributed by atoms with van der Waals surface area (Å²) in [5, 5.41) is 11.8. The van der Waals surface area contributed by atoms with E-state index in [2.05, 4.69) is 5.32 Å². The first-order valence-corrected chi connectivity index (χ1v) is 7.27. The summed E-state index contributed by atoms with van der Waals surface area (Å²) < 4.78 is 5.64. The molecule has 8 nitrogen and oxygen atoms in total. The summed E-state index contributed by atoms with van der Waals surface area (Å²) >= 11 is 0. The minimum Gasteiger partial charge on any atom is -0.480 e. The van der Waals surface area contributed by atoms with E-state index in [0.717, 1.165) is 0 Å². The molecule has 1 aromatic carbocycles. The minimum absolute atomic E-state index is 0.284. The summed E-state index contributed by atoms with van der Waals surface area (Å²) in [7, 11) is 0. The zero-order valence-electron chi connectivity index (χ0n) is 12.5. The van der Waals surface area contributed by atoms with E-state index >= 15 is 0 Å². The SMILES string of the molecule is C[C@@]1(C(=O)N2CCC[C@H]2C(=O)O)Oc2cc(N)ccc2NC1=O. The van der Waals surface area contributed by atoms with Crippen LogP contribution in [0.15, 0.2) is 18.2 Å². The zero-order chi connectivity index (χ0) is 16.8. The predicted octanol–water partition coefficient (Wildman–Crippen LogP) is 0.434. The number of carboxylic acid groups (broad SMARTS) is 1. The number of aliphatic carboxylic acids is 1. The Bertz CT molecular complexity index is 704. The van der Waals surface area contributed by atoms with Gasteiger partial charge in [0.1, 0.15) is 11.8 Å². The van der Waals surface area contributed by atoms with Gasteiger partial charge in [-0.1, -0.05) is 0 Å². The molecule has 4 N–H and O–H groups in total. The number of fused-ring (bicyclic) bond motifs is 1. The summed E-state index contributed by atoms with van der Waals surface area (Å²) in [4.78, 5) is 37.6. The molecule has 1 fully saturated rings. The van der Waals surface area contributed by atoms with E-state index in [9.17, 15) is 19.5 Å². The molecular formula is C15H17N3O5. The van der Waals surface area contributed by atoms with Crippen LogP contribution in [-0.4, -0.2) is 46.0 Å². The number of likely N-dealkylation sites (tertiary alicyclic amines) is 1. The molecule has 122 valence electrons. The highest BCUT2D eigenvalue weighted by molar-refractivity contribution is 6.16. The van der Waals surface area contributed by atoms with Crippen LogP contribution in [0.3, 0.4) is 0 Å². The molecule has 1 saturated heterocycles. The molecule has 2 atom stereocenters. The lowest BCUT2D eigenvalue weighted by atomic mass is 10.00. The number of carbonyl (C=O) groups excluding carboxylic acids is 2. The Morgan fingerprint density at radius 1 is 1.48 bits per heavy atom. The van der Waals surface area contributed by atoms with Crippen LogP contribution < -0.4 is 15.8 Å². The van der Waals surface area contributed by atoms with Crippen LogP contribution in [-0.2, 0) is 14.4 Å². The molecule has 0 saturated carbocycles. The number of nitrogens with zero attached hydrogens (tertiary/aromatic N) is 1. The average molecular weight is 319 g/mol. The molecule has 0 bridgehead atoms. The van der Waals surface area contributed by atoms with Crippen LogP contribution in [0.1, 0.15) is 19.8 Å². The van der Waals surface area contributed by atoms with Crippen LogP contribution in [0.5, 0.6) is 5.75 Å². The molecule has 1 aromatic rings. The molecule has 8 heteroatoms. The van der Waals surface area contributed by atoms with Gasteiger partial charge in [-0.2, -0.15) is 0 Å². The van der Waals surface area contributed by atoms with E-state index in [-0.39, 0.29) is 12.3 Å². The van der Waals surface area contributed by atoms with Gasteiger partial charge >= 0.3 is 5.97 Å². The van der Waals surface area contributed by atoms with Crippen LogP contribution in [0.25, 0.3) is 0 Å². The summed E-state index contributed by atoms with van der Waals surface area (Å²) in [6.07, 6.45) is 0.937. The fourth-order valence-electron chi connectivity index (χ4n) is 2.92. The number of carbonyl (C=O) groups is 3. The van der Waals surface area contributed by atoms with Gasteiger partial charge in [-0.3, -0.25) is 9.59 Å². The average Bonchev–Trinajstić information content (AvgIpc) is 2.97. The minimum atomic E-state index is -1.82. The van der Waals surface area contributed by atoms with Crippen molar-refractivity contribution in [2.45, 2.75) is 31.4 Å². The summed E-state index contributed by atoms with van der Waals surface area (Å²) in [6, 6.07) is 3.77. The highest BCUT2D eigenvalue weighted by atomic mass is 16.5. The van der Waals surface area contributed by atoms with Gasteiger partial charge in [-0.15, -0.1) is 0 Å². The van der Waals surface area contributed by atoms with Crippen molar-refractivity contribution in [3.63, 3.8) is 0 Å². The van der Waals surface area contributed by atoms with Crippen molar-refractivity contribution < 1.29 is 24.2 Å². The Kier molecular flexibility index (Phi) is 3.39. The molecule has 0 aromatic heterocycles. The van der Waals surface area contributed by atoms with Gasteiger partial charge in [-0.05, 0) is 31.9 Å². The van der Waals surface area contributed by atoms with Crippen molar-refractivity contribution in [3.8, 4) is 5.75 Å². The molecule has 0 spiro atoms. The number of ether oxygens (including phenoxy) is 1. The van der Waals surface area contributed by atoms with Crippen molar-refractivity contribution in [3.05, 3.63) is 18.2 Å². The van der Waals surface area contributed by atoms with Gasteiger partial charge in [0, 0.05) is 18.3 Å². The Labute approximate surface area is 132 Å². The maximum atomic E-state index is 12.8. The van der Waals surface area contributed by atoms with Crippen LogP contribution in [0.2, 0.25) is 0 Å². The molecule has 0 aliphatic carbocycles. The van der Waals surface area contributed by atoms with Gasteiger partial charge in [0.05, 0.1) is 5.69 Å². The third-order valence-electron chi connectivity index (χ3n) is 4.21. The van der Waals surface area contributed by atoms with Crippen molar-refractivity contribution >= 4 is 29.2 Å². The molecule has 3 rings (SSSR count). The van der Waals surface area contributed by atoms with E-state index in [0.29, 0.717) is 24.2 Å². The summed E-state index contributed by atoms with van der Waals surface area (Å²) in [5.74, 6) is -2.09. The van der Waals surface area contributed by atoms with Crippen LogP contribution >= 0.6 is 0 Å². The number of anilines is 2. The third kappa shape index (κ3) is 2.36. The smallest absolute Gasteiger partial charge is 0.326 e. The van der Waals surface area contributed by atoms with E-state index in [1.54, 1.807) is 12.1 Å². The standard InChI is InChI=1S/C15H17N3O5/c1-15(14(22)18-6-2-3-10(18)12(19)20)13(21)17-9-5-4-8(16)7-11(9)23-15/h4-5,7,10H,2-3,6,16H2,1H3,(H,17,21)(H,19,20)/t10-,15+/m0/s1. The number of rotatable bonds is 2. The monoisotopic (exact) mass is 319 g/mol. The van der Waals surface area contributed by atoms with E-state index < -0.39 is 29.4 Å². The van der Waals surface area contributed by atoms with Crippen molar-refractivity contribution in [1.82, 2.24) is 4.90 Å². The van der Waals surface area contributed by atoms with Crippen molar-refractivity contribution in [2.75, 3.05) is 17.6 Å². The second-order valence-electron chi connectivity index (χ2n) is 5.84. The fourth-order valence-corrected chi connectivity index (χ4v) is 2.92. The van der Waals surface area contributed by atoms with Crippen LogP contribution in [0.4, 0.5) is 11.4 Å². The first-order valence-electron chi connectivity index (χ1n) is 7.27. The lowest BCUT2D eigenvalue weighted by molar-refractivity contribution is -0.160. The summed E-state index contributed by atoms with van der Waals surface area (Å²) in [5.41, 5.74) is 4.73. The lowest BCUT2D eigenvalue weighted by Gasteiger charge is -2.36. The second-order valence-corrected chi connectivity index (χ2v) is 5.84. The van der Waals surface area contributed by atoms with E-state index in [4.69, 9.17) is 10.5 Å². The van der Waals surface area contributed by atoms with Gasteiger partial charge in [0.25, 0.3) is 17.4 Å². The molecule has 23 heavy (non-hydrogen) atoms. The maximum Gasteiger partial charge on any atom is 0.326 e. The van der Waals surface area contributed by atoms with E-state index in [1.165, 1.54) is 17.9 Å². The Balaban J connectivity index is 1.93. The quantitative estimate of drug-likeness (QED) is 0.537. The molecule has 0 radical (unpaired) electrons. The topological polar surface area (TPSA) is 122 Å². The number of nitrogens with two attached hydrogens (primary N) is 1. The molecular weight excluding hydrogens is 302 g/mol. The largest absolute Gasteiger partial charge is 0.480 e. The van der Waals surface area contributed by atoms with Gasteiger partial charge in [0.15, 0.2) is 0 Å². The Hall–Kier alpha value is -2.77. The number of carboxylic acids is 1. The van der Waals surface area contributed by atoms with Crippen molar-refractivity contribution in [1.29, 1.82) is 0 Å². The normalized spacial score (nSPS) is 26.2. The molecule has 2 aliphatic heterocycles. The number of nitrogen functional groups attached to an aromatic ring is 1. The van der Waals surface area contributed by atoms with Crippen molar-refractivity contribution in [2.24, 2.45) is 0 Å². The predicted molar refractivity (Wildman–Crippen MR) is 80.9 cm³/mol. The first-order chi connectivity index (χ1) is 10.8. The van der Waals surface area contributed by atoms with Gasteiger partial charge in [0.2, 0.25) is 0 Å². The van der Waals surface area contributed by atoms with Gasteiger partial charge in [-0.25, -0.2) is 4.79 Å². The highest BCUT2D eigenvalue weighted by Crippen LogP contribution is 2.36.